The summed E-state index contributed by atoms with van der Waals surface area (Å²) in [6.45, 7) is 1.27. The number of hydrogen-bond donors (Lipinski definition) is 1. The van der Waals surface area contributed by atoms with Crippen LogP contribution in [0, 0.1) is 0 Å². The molecule has 92 valence electrons. The van der Waals surface area contributed by atoms with Crippen LogP contribution in [0.2, 0.25) is 0 Å². The van der Waals surface area contributed by atoms with Crippen molar-refractivity contribution in [2.75, 3.05) is 6.61 Å². The number of benzene rings is 1. The highest BCUT2D eigenvalue weighted by Gasteiger charge is 2.42. The molecule has 0 saturated carbocycles. The summed E-state index contributed by atoms with van der Waals surface area (Å²) < 4.78 is 31.1. The van der Waals surface area contributed by atoms with E-state index < -0.39 is 23.4 Å². The van der Waals surface area contributed by atoms with Gasteiger partial charge in [0, 0.05) is 5.56 Å². The van der Waals surface area contributed by atoms with Crippen molar-refractivity contribution < 1.29 is 28.2 Å². The van der Waals surface area contributed by atoms with Gasteiger partial charge in [0.2, 0.25) is 0 Å². The SMILES string of the molecule is CCOC(=O)C(F)(F)c1ccc(C(=O)O)cc1. The molecular formula is C11H10F2O4. The van der Waals surface area contributed by atoms with Crippen molar-refractivity contribution in [3.63, 3.8) is 0 Å². The highest BCUT2D eigenvalue weighted by Crippen LogP contribution is 2.29. The Morgan fingerprint density at radius 3 is 2.24 bits per heavy atom. The lowest BCUT2D eigenvalue weighted by molar-refractivity contribution is -0.173. The molecule has 17 heavy (non-hydrogen) atoms. The van der Waals surface area contributed by atoms with E-state index in [9.17, 15) is 18.4 Å². The summed E-state index contributed by atoms with van der Waals surface area (Å²) in [6, 6.07) is 3.79. The van der Waals surface area contributed by atoms with Gasteiger partial charge in [-0.15, -0.1) is 0 Å². The predicted molar refractivity (Wildman–Crippen MR) is 53.9 cm³/mol. The van der Waals surface area contributed by atoms with E-state index in [-0.39, 0.29) is 12.2 Å². The number of alkyl halides is 2. The van der Waals surface area contributed by atoms with Gasteiger partial charge in [0.1, 0.15) is 0 Å². The van der Waals surface area contributed by atoms with Gasteiger partial charge >= 0.3 is 17.9 Å². The summed E-state index contributed by atoms with van der Waals surface area (Å²) in [7, 11) is 0. The summed E-state index contributed by atoms with van der Waals surface area (Å²) in [5.74, 6) is -6.65. The van der Waals surface area contributed by atoms with Crippen LogP contribution in [-0.4, -0.2) is 23.7 Å². The van der Waals surface area contributed by atoms with Crippen LogP contribution in [0.15, 0.2) is 24.3 Å². The van der Waals surface area contributed by atoms with E-state index in [0.717, 1.165) is 24.3 Å². The van der Waals surface area contributed by atoms with Crippen LogP contribution in [0.5, 0.6) is 0 Å². The maximum absolute atomic E-state index is 13.4. The lowest BCUT2D eigenvalue weighted by atomic mass is 10.1. The Balaban J connectivity index is 2.99. The van der Waals surface area contributed by atoms with Crippen LogP contribution in [0.25, 0.3) is 0 Å². The van der Waals surface area contributed by atoms with Crippen molar-refractivity contribution >= 4 is 11.9 Å². The van der Waals surface area contributed by atoms with Crippen LogP contribution < -0.4 is 0 Å². The average Bonchev–Trinajstić information content (AvgIpc) is 2.29. The van der Waals surface area contributed by atoms with Gasteiger partial charge in [0.05, 0.1) is 12.2 Å². The molecule has 0 amide bonds. The number of carboxylic acids is 1. The van der Waals surface area contributed by atoms with Gasteiger partial charge in [-0.25, -0.2) is 9.59 Å². The third kappa shape index (κ3) is 2.77. The zero-order chi connectivity index (χ0) is 13.1. The van der Waals surface area contributed by atoms with Crippen LogP contribution in [-0.2, 0) is 15.5 Å². The van der Waals surface area contributed by atoms with Crippen molar-refractivity contribution in [2.24, 2.45) is 0 Å². The minimum atomic E-state index is -3.77. The Hall–Kier alpha value is -1.98. The summed E-state index contributed by atoms with van der Waals surface area (Å²) >= 11 is 0. The van der Waals surface area contributed by atoms with E-state index in [1.165, 1.54) is 6.92 Å². The molecule has 6 heteroatoms. The van der Waals surface area contributed by atoms with Crippen LogP contribution >= 0.6 is 0 Å². The van der Waals surface area contributed by atoms with Gasteiger partial charge in [-0.1, -0.05) is 12.1 Å². The van der Waals surface area contributed by atoms with Gasteiger partial charge in [0.25, 0.3) is 0 Å². The second kappa shape index (κ2) is 4.90. The summed E-state index contributed by atoms with van der Waals surface area (Å²) in [4.78, 5) is 21.5. The van der Waals surface area contributed by atoms with Crippen molar-refractivity contribution in [1.82, 2.24) is 0 Å². The van der Waals surface area contributed by atoms with Gasteiger partial charge in [-0.3, -0.25) is 0 Å². The predicted octanol–water partition coefficient (Wildman–Crippen LogP) is 2.04. The Labute approximate surface area is 95.8 Å². The second-order valence-corrected chi connectivity index (χ2v) is 3.18. The zero-order valence-corrected chi connectivity index (χ0v) is 8.94. The average molecular weight is 244 g/mol. The lowest BCUT2D eigenvalue weighted by Gasteiger charge is -2.14. The van der Waals surface area contributed by atoms with E-state index >= 15 is 0 Å². The quantitative estimate of drug-likeness (QED) is 0.823. The molecule has 0 saturated heterocycles. The van der Waals surface area contributed by atoms with Gasteiger partial charge in [0.15, 0.2) is 0 Å². The van der Waals surface area contributed by atoms with Gasteiger partial charge < -0.3 is 9.84 Å². The van der Waals surface area contributed by atoms with Crippen LogP contribution in [0.1, 0.15) is 22.8 Å². The molecule has 0 spiro atoms. The van der Waals surface area contributed by atoms with E-state index in [0.29, 0.717) is 0 Å². The maximum Gasteiger partial charge on any atom is 0.381 e. The Kier molecular flexibility index (Phi) is 3.77. The van der Waals surface area contributed by atoms with Crippen LogP contribution in [0.3, 0.4) is 0 Å². The fraction of sp³-hybridized carbons (Fsp3) is 0.273. The number of hydrogen-bond acceptors (Lipinski definition) is 3. The molecule has 0 radical (unpaired) electrons. The second-order valence-electron chi connectivity index (χ2n) is 3.18. The van der Waals surface area contributed by atoms with E-state index in [1.807, 2.05) is 0 Å². The molecule has 0 aliphatic carbocycles. The first kappa shape index (κ1) is 13.1. The molecule has 0 unspecified atom stereocenters. The molecule has 1 aromatic carbocycles. The largest absolute Gasteiger partial charge is 0.478 e. The van der Waals surface area contributed by atoms with E-state index in [2.05, 4.69) is 4.74 Å². The molecule has 0 fully saturated rings. The molecule has 0 atom stereocenters. The van der Waals surface area contributed by atoms with Crippen molar-refractivity contribution in [3.05, 3.63) is 35.4 Å². The third-order valence-electron chi connectivity index (χ3n) is 2.03. The fourth-order valence-corrected chi connectivity index (χ4v) is 1.16. The standard InChI is InChI=1S/C11H10F2O4/c1-2-17-10(16)11(12,13)8-5-3-7(4-6-8)9(14)15/h3-6H,2H2,1H3,(H,14,15). The van der Waals surface area contributed by atoms with Gasteiger partial charge in [-0.05, 0) is 19.1 Å². The topological polar surface area (TPSA) is 63.6 Å². The molecule has 1 N–H and O–H groups in total. The highest BCUT2D eigenvalue weighted by molar-refractivity contribution is 5.88. The first-order chi connectivity index (χ1) is 7.89. The minimum absolute atomic E-state index is 0.131. The molecule has 0 heterocycles. The first-order valence-corrected chi connectivity index (χ1v) is 4.78. The monoisotopic (exact) mass is 244 g/mol. The molecule has 0 aliphatic rings. The van der Waals surface area contributed by atoms with E-state index in [4.69, 9.17) is 5.11 Å². The minimum Gasteiger partial charge on any atom is -0.478 e. The summed E-state index contributed by atoms with van der Waals surface area (Å²) in [5, 5.41) is 8.59. The van der Waals surface area contributed by atoms with Crippen molar-refractivity contribution in [3.8, 4) is 0 Å². The molecule has 0 bridgehead atoms. The van der Waals surface area contributed by atoms with Crippen molar-refractivity contribution in [1.29, 1.82) is 0 Å². The van der Waals surface area contributed by atoms with Crippen LogP contribution in [0.4, 0.5) is 8.78 Å². The molecular weight excluding hydrogens is 234 g/mol. The van der Waals surface area contributed by atoms with Gasteiger partial charge in [-0.2, -0.15) is 8.78 Å². The Morgan fingerprint density at radius 2 is 1.82 bits per heavy atom. The number of rotatable bonds is 4. The third-order valence-corrected chi connectivity index (χ3v) is 2.03. The molecule has 4 nitrogen and oxygen atoms in total. The normalized spacial score (nSPS) is 11.0. The first-order valence-electron chi connectivity index (χ1n) is 4.78. The smallest absolute Gasteiger partial charge is 0.381 e. The molecule has 1 aromatic rings. The lowest BCUT2D eigenvalue weighted by Crippen LogP contribution is -2.28. The molecule has 1 rings (SSSR count). The Morgan fingerprint density at radius 1 is 1.29 bits per heavy atom. The Bertz CT molecular complexity index is 426. The van der Waals surface area contributed by atoms with Crippen molar-refractivity contribution in [2.45, 2.75) is 12.8 Å². The number of ether oxygens (including phenoxy) is 1. The number of aromatic carboxylic acids is 1. The van der Waals surface area contributed by atoms with E-state index in [1.54, 1.807) is 0 Å². The summed E-state index contributed by atoms with van der Waals surface area (Å²) in [5.41, 5.74) is -0.727. The number of halogens is 2. The number of carbonyl (C=O) groups is 2. The highest BCUT2D eigenvalue weighted by atomic mass is 19.3. The number of carboxylic acid groups (broad SMARTS) is 1. The molecule has 0 aliphatic heterocycles. The summed E-state index contributed by atoms with van der Waals surface area (Å²) in [6.07, 6.45) is 0. The maximum atomic E-state index is 13.4. The zero-order valence-electron chi connectivity index (χ0n) is 8.94. The number of carbonyl (C=O) groups excluding carboxylic acids is 1. The molecule has 0 aromatic heterocycles. The fourth-order valence-electron chi connectivity index (χ4n) is 1.16. The number of esters is 1.